The number of carbonyl (C=O) groups is 2. The summed E-state index contributed by atoms with van der Waals surface area (Å²) in [5.74, 6) is -2.83. The third-order valence-electron chi connectivity index (χ3n) is 5.13. The molecule has 0 fully saturated rings. The van der Waals surface area contributed by atoms with Gasteiger partial charge in [0.25, 0.3) is 0 Å². The Kier molecular flexibility index (Phi) is 8.74. The first-order chi connectivity index (χ1) is 14.6. The van der Waals surface area contributed by atoms with Crippen molar-refractivity contribution in [1.82, 2.24) is 0 Å². The SMILES string of the molecule is CCCC[PH](CCCC)(OS(=O)(=O)c1cc(C(=O)O)cc(C(=O)O)c1)c1ccccc1. The van der Waals surface area contributed by atoms with Crippen molar-refractivity contribution in [3.8, 4) is 0 Å². The van der Waals surface area contributed by atoms with Gasteiger partial charge in [-0.3, -0.25) is 0 Å². The first kappa shape index (κ1) is 25.0. The minimum atomic E-state index is -4.40. The molecule has 0 unspecified atom stereocenters. The second-order valence-electron chi connectivity index (χ2n) is 7.46. The van der Waals surface area contributed by atoms with E-state index in [-0.39, 0.29) is 0 Å². The van der Waals surface area contributed by atoms with Crippen LogP contribution < -0.4 is 5.30 Å². The van der Waals surface area contributed by atoms with E-state index in [9.17, 15) is 28.2 Å². The third-order valence-corrected chi connectivity index (χ3v) is 11.8. The Hall–Kier alpha value is -2.28. The topological polar surface area (TPSA) is 118 Å². The Bertz CT molecular complexity index is 979. The summed E-state index contributed by atoms with van der Waals surface area (Å²) in [4.78, 5) is 22.4. The predicted octanol–water partition coefficient (Wildman–Crippen LogP) is 4.38. The number of carboxylic acids is 2. The maximum absolute atomic E-state index is 13.3. The molecule has 0 spiro atoms. The fourth-order valence-corrected chi connectivity index (χ4v) is 10.6. The number of hydrogen-bond donors (Lipinski definition) is 2. The summed E-state index contributed by atoms with van der Waals surface area (Å²) in [5.41, 5.74) is -0.840. The number of aromatic carboxylic acids is 2. The molecule has 0 atom stereocenters. The molecular formula is C22H29O7PS. The quantitative estimate of drug-likeness (QED) is 0.444. The standard InChI is InChI=1S/C22H29O7PS/c1-3-5-12-30(13-6-4-2,19-10-8-7-9-11-19)29-31(27,28)20-15-17(21(23)24)14-18(16-20)22(25)26/h7-11,14-16,30H,3-6,12-13H2,1-2H3,(H,23,24)(H,25,26). The van der Waals surface area contributed by atoms with Crippen LogP contribution in [0.15, 0.2) is 53.4 Å². The van der Waals surface area contributed by atoms with E-state index in [1.807, 2.05) is 44.2 Å². The maximum atomic E-state index is 13.3. The van der Waals surface area contributed by atoms with E-state index >= 15 is 0 Å². The molecule has 0 bridgehead atoms. The van der Waals surface area contributed by atoms with Gasteiger partial charge in [0.05, 0.1) is 0 Å². The third kappa shape index (κ3) is 6.35. The van der Waals surface area contributed by atoms with Crippen LogP contribution in [0.1, 0.15) is 60.2 Å². The van der Waals surface area contributed by atoms with E-state index in [0.29, 0.717) is 12.3 Å². The number of benzene rings is 2. The second-order valence-corrected chi connectivity index (χ2v) is 13.1. The summed E-state index contributed by atoms with van der Waals surface area (Å²) in [7, 11) is -7.41. The Morgan fingerprint density at radius 2 is 1.35 bits per heavy atom. The molecule has 2 N–H and O–H groups in total. The van der Waals surface area contributed by atoms with Gasteiger partial charge in [0.15, 0.2) is 0 Å². The van der Waals surface area contributed by atoms with E-state index in [1.165, 1.54) is 0 Å². The summed E-state index contributed by atoms with van der Waals surface area (Å²) in [6.45, 7) is 4.04. The molecule has 2 rings (SSSR count). The van der Waals surface area contributed by atoms with Crippen LogP contribution in [0.5, 0.6) is 0 Å². The summed E-state index contributed by atoms with van der Waals surface area (Å²) in [5, 5.41) is 19.5. The van der Waals surface area contributed by atoms with Gasteiger partial charge in [0.1, 0.15) is 0 Å². The predicted molar refractivity (Wildman–Crippen MR) is 123 cm³/mol. The molecule has 0 aliphatic carbocycles. The van der Waals surface area contributed by atoms with Gasteiger partial charge < -0.3 is 0 Å². The normalized spacial score (nSPS) is 12.5. The number of hydrogen-bond acceptors (Lipinski definition) is 5. The summed E-state index contributed by atoms with van der Waals surface area (Å²) in [6, 6.07) is 12.1. The van der Waals surface area contributed by atoms with Crippen LogP contribution in [0.2, 0.25) is 0 Å². The molecule has 0 heterocycles. The molecule has 0 aromatic heterocycles. The molecular weight excluding hydrogens is 439 g/mol. The Morgan fingerprint density at radius 1 is 0.871 bits per heavy atom. The van der Waals surface area contributed by atoms with Crippen molar-refractivity contribution in [2.45, 2.75) is 44.4 Å². The first-order valence-electron chi connectivity index (χ1n) is 10.3. The summed E-state index contributed by atoms with van der Waals surface area (Å²) < 4.78 is 32.6. The average molecular weight is 469 g/mol. The number of unbranched alkanes of at least 4 members (excludes halogenated alkanes) is 2. The van der Waals surface area contributed by atoms with E-state index in [4.69, 9.17) is 3.97 Å². The molecule has 170 valence electrons. The fourth-order valence-electron chi connectivity index (χ4n) is 3.46. The fraction of sp³-hybridized carbons (Fsp3) is 0.364. The van der Waals surface area contributed by atoms with Crippen molar-refractivity contribution >= 4 is 34.9 Å². The average Bonchev–Trinajstić information content (AvgIpc) is 2.75. The van der Waals surface area contributed by atoms with Crippen molar-refractivity contribution in [3.05, 3.63) is 59.7 Å². The van der Waals surface area contributed by atoms with Crippen molar-refractivity contribution in [2.75, 3.05) is 12.3 Å². The zero-order valence-corrected chi connectivity index (χ0v) is 19.5. The van der Waals surface area contributed by atoms with Crippen LogP contribution in [-0.2, 0) is 14.1 Å². The summed E-state index contributed by atoms with van der Waals surface area (Å²) >= 11 is 0. The van der Waals surface area contributed by atoms with E-state index in [1.54, 1.807) is 0 Å². The van der Waals surface area contributed by atoms with Crippen molar-refractivity contribution in [3.63, 3.8) is 0 Å². The number of rotatable bonds is 12. The molecule has 7 nitrogen and oxygen atoms in total. The number of carboxylic acid groups (broad SMARTS) is 2. The van der Waals surface area contributed by atoms with Gasteiger partial charge in [0, 0.05) is 0 Å². The molecule has 31 heavy (non-hydrogen) atoms. The molecule has 0 radical (unpaired) electrons. The van der Waals surface area contributed by atoms with Gasteiger partial charge in [0.2, 0.25) is 0 Å². The molecule has 0 saturated carbocycles. The van der Waals surface area contributed by atoms with Crippen molar-refractivity contribution < 1.29 is 32.2 Å². The molecule has 0 aliphatic rings. The van der Waals surface area contributed by atoms with Gasteiger partial charge in [-0.1, -0.05) is 0 Å². The minimum absolute atomic E-state index is 0.420. The van der Waals surface area contributed by atoms with E-state index in [2.05, 4.69) is 0 Å². The monoisotopic (exact) mass is 468 g/mol. The second kappa shape index (κ2) is 10.8. The Morgan fingerprint density at radius 3 is 1.77 bits per heavy atom. The van der Waals surface area contributed by atoms with E-state index in [0.717, 1.165) is 49.2 Å². The van der Waals surface area contributed by atoms with Crippen molar-refractivity contribution in [1.29, 1.82) is 0 Å². The molecule has 2 aromatic rings. The molecule has 9 heteroatoms. The Balaban J connectivity index is 2.61. The summed E-state index contributed by atoms with van der Waals surface area (Å²) in [6.07, 6.45) is 4.50. The molecule has 0 saturated heterocycles. The van der Waals surface area contributed by atoms with Gasteiger partial charge in [-0.2, -0.15) is 0 Å². The van der Waals surface area contributed by atoms with Crippen LogP contribution in [0.3, 0.4) is 0 Å². The van der Waals surface area contributed by atoms with Gasteiger partial charge in [-0.25, -0.2) is 0 Å². The molecule has 0 amide bonds. The first-order valence-corrected chi connectivity index (χ1v) is 14.0. The van der Waals surface area contributed by atoms with Gasteiger partial charge >= 0.3 is 183 Å². The van der Waals surface area contributed by atoms with E-state index < -0.39 is 45.6 Å². The van der Waals surface area contributed by atoms with Crippen LogP contribution >= 0.6 is 7.49 Å². The van der Waals surface area contributed by atoms with Crippen LogP contribution in [0.4, 0.5) is 0 Å². The van der Waals surface area contributed by atoms with Crippen LogP contribution in [0, 0.1) is 0 Å². The zero-order chi connectivity index (χ0) is 23.1. The van der Waals surface area contributed by atoms with Crippen LogP contribution in [0.25, 0.3) is 0 Å². The molecule has 0 aliphatic heterocycles. The zero-order valence-electron chi connectivity index (χ0n) is 17.7. The molecule has 2 aromatic carbocycles. The Labute approximate surface area is 183 Å². The van der Waals surface area contributed by atoms with Crippen molar-refractivity contribution in [2.24, 2.45) is 0 Å². The van der Waals surface area contributed by atoms with Crippen LogP contribution in [-0.4, -0.2) is 42.9 Å². The van der Waals surface area contributed by atoms with Gasteiger partial charge in [-0.15, -0.1) is 0 Å². The van der Waals surface area contributed by atoms with Gasteiger partial charge in [-0.05, 0) is 0 Å².